The monoisotopic (exact) mass is 321 g/mol. The first-order chi connectivity index (χ1) is 10.1. The van der Waals surface area contributed by atoms with Crippen LogP contribution in [0.3, 0.4) is 0 Å². The van der Waals surface area contributed by atoms with Crippen LogP contribution in [0.15, 0.2) is 16.4 Å². The normalized spacial score (nSPS) is 22.3. The molecule has 2 aromatic rings. The molecular formula is C15H19N3OS2. The van der Waals surface area contributed by atoms with E-state index in [9.17, 15) is 4.79 Å². The van der Waals surface area contributed by atoms with Crippen molar-refractivity contribution in [1.29, 1.82) is 0 Å². The lowest BCUT2D eigenvalue weighted by atomic mass is 9.80. The summed E-state index contributed by atoms with van der Waals surface area (Å²) < 4.78 is 0.427. The molecule has 2 N–H and O–H groups in total. The molecule has 2 aromatic heterocycles. The summed E-state index contributed by atoms with van der Waals surface area (Å²) in [4.78, 5) is 22.6. The topological polar surface area (TPSA) is 61.5 Å². The van der Waals surface area contributed by atoms with Crippen LogP contribution in [0.4, 0.5) is 0 Å². The highest BCUT2D eigenvalue weighted by Crippen LogP contribution is 2.35. The van der Waals surface area contributed by atoms with Gasteiger partial charge in [0.1, 0.15) is 0 Å². The Morgan fingerprint density at radius 2 is 2.10 bits per heavy atom. The summed E-state index contributed by atoms with van der Waals surface area (Å²) in [6.07, 6.45) is 7.05. The van der Waals surface area contributed by atoms with Gasteiger partial charge < -0.3 is 4.98 Å². The number of hydrogen-bond donors (Lipinski definition) is 2. The summed E-state index contributed by atoms with van der Waals surface area (Å²) in [7, 11) is 0. The summed E-state index contributed by atoms with van der Waals surface area (Å²) in [5, 5.41) is 2.91. The fourth-order valence-electron chi connectivity index (χ4n) is 3.09. The Morgan fingerprint density at radius 3 is 2.76 bits per heavy atom. The Labute approximate surface area is 132 Å². The molecule has 3 rings (SSSR count). The largest absolute Gasteiger partial charge is 0.335 e. The quantitative estimate of drug-likeness (QED) is 0.846. The molecule has 0 aromatic carbocycles. The van der Waals surface area contributed by atoms with Gasteiger partial charge >= 0.3 is 0 Å². The van der Waals surface area contributed by atoms with Crippen LogP contribution in [0.1, 0.15) is 54.8 Å². The molecule has 4 nitrogen and oxygen atoms in total. The van der Waals surface area contributed by atoms with Crippen molar-refractivity contribution in [3.63, 3.8) is 0 Å². The van der Waals surface area contributed by atoms with E-state index in [4.69, 9.17) is 12.2 Å². The SMILES string of the molecule is CC1CCC(c2[nH]c(=S)[nH]c(=O)c2Cc2nccs2)CC1. The van der Waals surface area contributed by atoms with E-state index < -0.39 is 0 Å². The third kappa shape index (κ3) is 3.32. The van der Waals surface area contributed by atoms with E-state index in [-0.39, 0.29) is 5.56 Å². The van der Waals surface area contributed by atoms with E-state index >= 15 is 0 Å². The lowest BCUT2D eigenvalue weighted by Gasteiger charge is -2.27. The van der Waals surface area contributed by atoms with Crippen molar-refractivity contribution in [3.8, 4) is 0 Å². The molecule has 1 fully saturated rings. The maximum absolute atomic E-state index is 12.3. The van der Waals surface area contributed by atoms with Gasteiger partial charge in [-0.3, -0.25) is 9.78 Å². The summed E-state index contributed by atoms with van der Waals surface area (Å²) in [6.45, 7) is 2.30. The molecule has 0 bridgehead atoms. The number of nitrogens with one attached hydrogen (secondary N) is 2. The predicted octanol–water partition coefficient (Wildman–Crippen LogP) is 3.77. The van der Waals surface area contributed by atoms with Crippen LogP contribution in [0, 0.1) is 10.7 Å². The number of H-pyrrole nitrogens is 2. The van der Waals surface area contributed by atoms with E-state index in [1.807, 2.05) is 5.38 Å². The number of aromatic nitrogens is 3. The third-order valence-corrected chi connectivity index (χ3v) is 5.29. The van der Waals surface area contributed by atoms with E-state index in [1.165, 1.54) is 12.8 Å². The van der Waals surface area contributed by atoms with Crippen LogP contribution >= 0.6 is 23.6 Å². The average molecular weight is 321 g/mol. The van der Waals surface area contributed by atoms with Gasteiger partial charge in [0.05, 0.1) is 5.01 Å². The number of nitrogens with zero attached hydrogens (tertiary/aromatic N) is 1. The van der Waals surface area contributed by atoms with Gasteiger partial charge in [-0.2, -0.15) is 0 Å². The molecule has 2 heterocycles. The molecule has 0 unspecified atom stereocenters. The second-order valence-electron chi connectivity index (χ2n) is 5.86. The van der Waals surface area contributed by atoms with Gasteiger partial charge in [-0.1, -0.05) is 19.8 Å². The van der Waals surface area contributed by atoms with Crippen LogP contribution in [0.25, 0.3) is 0 Å². The van der Waals surface area contributed by atoms with Crippen molar-refractivity contribution in [3.05, 3.63) is 43.0 Å². The molecule has 0 atom stereocenters. The van der Waals surface area contributed by atoms with E-state index in [0.29, 0.717) is 17.1 Å². The van der Waals surface area contributed by atoms with Crippen molar-refractivity contribution in [2.75, 3.05) is 0 Å². The number of rotatable bonds is 3. The minimum atomic E-state index is -0.0671. The van der Waals surface area contributed by atoms with E-state index in [1.54, 1.807) is 17.5 Å². The van der Waals surface area contributed by atoms with Gasteiger partial charge in [-0.25, -0.2) is 4.98 Å². The molecule has 0 spiro atoms. The number of thiazole rings is 1. The first kappa shape index (κ1) is 14.7. The summed E-state index contributed by atoms with van der Waals surface area (Å²) >= 11 is 6.75. The maximum atomic E-state index is 12.3. The van der Waals surface area contributed by atoms with Crippen LogP contribution in [0.5, 0.6) is 0 Å². The Kier molecular flexibility index (Phi) is 4.35. The number of aromatic amines is 2. The first-order valence-electron chi connectivity index (χ1n) is 7.37. The van der Waals surface area contributed by atoms with Gasteiger partial charge in [-0.05, 0) is 36.9 Å². The van der Waals surface area contributed by atoms with Crippen LogP contribution in [0.2, 0.25) is 0 Å². The zero-order valence-electron chi connectivity index (χ0n) is 12.0. The molecule has 1 aliphatic carbocycles. The van der Waals surface area contributed by atoms with Crippen molar-refractivity contribution in [2.24, 2.45) is 5.92 Å². The van der Waals surface area contributed by atoms with Crippen molar-refractivity contribution >= 4 is 23.6 Å². The molecule has 6 heteroatoms. The highest BCUT2D eigenvalue weighted by atomic mass is 32.1. The molecule has 21 heavy (non-hydrogen) atoms. The minimum absolute atomic E-state index is 0.0671. The second kappa shape index (κ2) is 6.23. The fraction of sp³-hybridized carbons (Fsp3) is 0.533. The van der Waals surface area contributed by atoms with Gasteiger partial charge in [0, 0.05) is 29.3 Å². The minimum Gasteiger partial charge on any atom is -0.335 e. The third-order valence-electron chi connectivity index (χ3n) is 4.31. The number of hydrogen-bond acceptors (Lipinski definition) is 4. The smallest absolute Gasteiger partial charge is 0.255 e. The van der Waals surface area contributed by atoms with E-state index in [0.717, 1.165) is 35.0 Å². The molecule has 1 saturated carbocycles. The van der Waals surface area contributed by atoms with Gasteiger partial charge in [0.15, 0.2) is 4.77 Å². The van der Waals surface area contributed by atoms with Gasteiger partial charge in [0.25, 0.3) is 5.56 Å². The lowest BCUT2D eigenvalue weighted by molar-refractivity contribution is 0.342. The predicted molar refractivity (Wildman–Crippen MR) is 87.5 cm³/mol. The summed E-state index contributed by atoms with van der Waals surface area (Å²) in [5.41, 5.74) is 1.77. The van der Waals surface area contributed by atoms with Crippen molar-refractivity contribution in [2.45, 2.75) is 44.9 Å². The zero-order chi connectivity index (χ0) is 14.8. The summed E-state index contributed by atoms with van der Waals surface area (Å²) in [5.74, 6) is 1.20. The van der Waals surface area contributed by atoms with Crippen molar-refractivity contribution < 1.29 is 0 Å². The van der Waals surface area contributed by atoms with Crippen molar-refractivity contribution in [1.82, 2.24) is 15.0 Å². The van der Waals surface area contributed by atoms with E-state index in [2.05, 4.69) is 21.9 Å². The van der Waals surface area contributed by atoms with Gasteiger partial charge in [0.2, 0.25) is 0 Å². The Morgan fingerprint density at radius 1 is 1.33 bits per heavy atom. The van der Waals surface area contributed by atoms with Crippen LogP contribution in [-0.2, 0) is 6.42 Å². The molecule has 0 aliphatic heterocycles. The highest BCUT2D eigenvalue weighted by Gasteiger charge is 2.24. The lowest BCUT2D eigenvalue weighted by Crippen LogP contribution is -2.22. The molecule has 0 radical (unpaired) electrons. The molecule has 0 amide bonds. The Balaban J connectivity index is 1.98. The second-order valence-corrected chi connectivity index (χ2v) is 7.25. The summed E-state index contributed by atoms with van der Waals surface area (Å²) in [6, 6.07) is 0. The van der Waals surface area contributed by atoms with Crippen LogP contribution in [-0.4, -0.2) is 15.0 Å². The standard InChI is InChI=1S/C15H19N3OS2/c1-9-2-4-10(5-3-9)13-11(8-12-16-6-7-21-12)14(19)18-15(20)17-13/h6-7,9-10H,2-5,8H2,1H3,(H2,17,18,19,20). The van der Waals surface area contributed by atoms with Crippen LogP contribution < -0.4 is 5.56 Å². The fourth-order valence-corrected chi connectivity index (χ4v) is 3.92. The molecular weight excluding hydrogens is 302 g/mol. The van der Waals surface area contributed by atoms with Gasteiger partial charge in [-0.15, -0.1) is 11.3 Å². The average Bonchev–Trinajstić information content (AvgIpc) is 2.95. The Bertz CT molecular complexity index is 709. The molecule has 1 aliphatic rings. The molecule has 0 saturated heterocycles. The highest BCUT2D eigenvalue weighted by molar-refractivity contribution is 7.71. The first-order valence-corrected chi connectivity index (χ1v) is 8.66. The maximum Gasteiger partial charge on any atom is 0.255 e. The molecule has 112 valence electrons. The zero-order valence-corrected chi connectivity index (χ0v) is 13.6. The Hall–Kier alpha value is -1.27.